The maximum absolute atomic E-state index is 13.6. The first-order chi connectivity index (χ1) is 16.3. The number of ether oxygens (including phenoxy) is 1. The summed E-state index contributed by atoms with van der Waals surface area (Å²) in [6.45, 7) is 6.36. The molecule has 34 heavy (non-hydrogen) atoms. The average molecular weight is 482 g/mol. The number of benzene rings is 1. The largest absolute Gasteiger partial charge is 0.375 e. The monoisotopic (exact) mass is 481 g/mol. The van der Waals surface area contributed by atoms with Crippen molar-refractivity contribution in [3.63, 3.8) is 0 Å². The van der Waals surface area contributed by atoms with E-state index in [4.69, 9.17) is 4.74 Å². The zero-order valence-electron chi connectivity index (χ0n) is 19.7. The lowest BCUT2D eigenvalue weighted by molar-refractivity contribution is -0.125. The third kappa shape index (κ3) is 4.36. The molecule has 7 nitrogen and oxygen atoms in total. The molecule has 2 saturated heterocycles. The molecule has 1 aromatic carbocycles. The van der Waals surface area contributed by atoms with Crippen LogP contribution in [0.2, 0.25) is 0 Å². The molecule has 1 aromatic heterocycles. The van der Waals surface area contributed by atoms with Crippen LogP contribution in [0.4, 0.5) is 5.69 Å². The molecule has 3 aliphatic rings. The first-order valence-electron chi connectivity index (χ1n) is 12.0. The lowest BCUT2D eigenvalue weighted by Crippen LogP contribution is -2.48. The summed E-state index contributed by atoms with van der Waals surface area (Å²) >= 11 is 1.62. The fourth-order valence-electron chi connectivity index (χ4n) is 5.44. The van der Waals surface area contributed by atoms with Crippen molar-refractivity contribution in [3.8, 4) is 0 Å². The Morgan fingerprint density at radius 1 is 1.21 bits per heavy atom. The zero-order valence-corrected chi connectivity index (χ0v) is 20.5. The molecule has 3 amide bonds. The van der Waals surface area contributed by atoms with Gasteiger partial charge in [0.2, 0.25) is 5.91 Å². The van der Waals surface area contributed by atoms with Crippen molar-refractivity contribution in [1.82, 2.24) is 10.2 Å². The molecule has 2 fully saturated rings. The molecule has 2 atom stereocenters. The first kappa shape index (κ1) is 23.1. The van der Waals surface area contributed by atoms with E-state index in [1.807, 2.05) is 42.8 Å². The molecule has 180 valence electrons. The molecule has 5 rings (SSSR count). The smallest absolute Gasteiger partial charge is 0.263 e. The number of hydrogen-bond donors (Lipinski definition) is 1. The number of fused-ring (bicyclic) bond motifs is 1. The van der Waals surface area contributed by atoms with Gasteiger partial charge in [0.25, 0.3) is 11.8 Å². The van der Waals surface area contributed by atoms with Gasteiger partial charge in [-0.3, -0.25) is 19.3 Å². The highest BCUT2D eigenvalue weighted by Gasteiger charge is 2.45. The van der Waals surface area contributed by atoms with E-state index in [2.05, 4.69) is 10.2 Å². The quantitative estimate of drug-likeness (QED) is 0.657. The van der Waals surface area contributed by atoms with Crippen molar-refractivity contribution in [3.05, 3.63) is 51.7 Å². The Labute approximate surface area is 204 Å². The minimum Gasteiger partial charge on any atom is -0.375 e. The normalized spacial score (nSPS) is 24.3. The van der Waals surface area contributed by atoms with Gasteiger partial charge >= 0.3 is 0 Å². The second-order valence-electron chi connectivity index (χ2n) is 10.1. The van der Waals surface area contributed by atoms with Crippen molar-refractivity contribution < 1.29 is 19.1 Å². The van der Waals surface area contributed by atoms with E-state index in [9.17, 15) is 14.4 Å². The van der Waals surface area contributed by atoms with Crippen LogP contribution >= 0.6 is 11.3 Å². The molecular weight excluding hydrogens is 450 g/mol. The van der Waals surface area contributed by atoms with Gasteiger partial charge in [-0.05, 0) is 74.1 Å². The second kappa shape index (κ2) is 9.15. The van der Waals surface area contributed by atoms with Gasteiger partial charge in [-0.1, -0.05) is 6.07 Å². The highest BCUT2D eigenvalue weighted by molar-refractivity contribution is 7.07. The van der Waals surface area contributed by atoms with Gasteiger partial charge in [-0.15, -0.1) is 0 Å². The van der Waals surface area contributed by atoms with Crippen LogP contribution in [0.5, 0.6) is 0 Å². The number of nitrogens with one attached hydrogen (secondary N) is 1. The van der Waals surface area contributed by atoms with E-state index in [0.717, 1.165) is 30.6 Å². The van der Waals surface area contributed by atoms with Crippen LogP contribution in [-0.4, -0.2) is 54.0 Å². The van der Waals surface area contributed by atoms with Crippen molar-refractivity contribution in [2.24, 2.45) is 5.92 Å². The summed E-state index contributed by atoms with van der Waals surface area (Å²) in [7, 11) is 0. The van der Waals surface area contributed by atoms with Gasteiger partial charge in [0.15, 0.2) is 0 Å². The Morgan fingerprint density at radius 3 is 2.82 bits per heavy atom. The Morgan fingerprint density at radius 2 is 2.06 bits per heavy atom. The van der Waals surface area contributed by atoms with E-state index < -0.39 is 0 Å². The number of carbonyl (C=O) groups excluding carboxylic acids is 3. The standard InChI is InChI=1S/C26H31N3O4S/c1-26(2)13-19(8-11-33-26)29-24(31)20-6-3-7-21(22(20)25(29)32)28-10-4-5-18(15-28)23(30)27-14-17-9-12-34-16-17/h3,6-7,9,12,16,18-19H,4-5,8,10-11,13-15H2,1-2H3,(H,27,30)/t18-,19+/m0/s1. The molecule has 1 N–H and O–H groups in total. The minimum atomic E-state index is -0.364. The van der Waals surface area contributed by atoms with E-state index in [1.165, 1.54) is 4.90 Å². The molecule has 0 bridgehead atoms. The molecular formula is C26H31N3O4S. The fraction of sp³-hybridized carbons (Fsp3) is 0.500. The van der Waals surface area contributed by atoms with Crippen LogP contribution in [0.3, 0.4) is 0 Å². The number of nitrogens with zero attached hydrogens (tertiary/aromatic N) is 2. The van der Waals surface area contributed by atoms with Crippen molar-refractivity contribution in [2.75, 3.05) is 24.6 Å². The molecule has 0 saturated carbocycles. The number of anilines is 1. The summed E-state index contributed by atoms with van der Waals surface area (Å²) in [5.41, 5.74) is 2.46. The Kier molecular flexibility index (Phi) is 6.20. The van der Waals surface area contributed by atoms with Gasteiger partial charge in [-0.2, -0.15) is 11.3 Å². The van der Waals surface area contributed by atoms with Gasteiger partial charge in [-0.25, -0.2) is 0 Å². The van der Waals surface area contributed by atoms with Crippen molar-refractivity contribution in [1.29, 1.82) is 0 Å². The van der Waals surface area contributed by atoms with Crippen LogP contribution in [0.25, 0.3) is 0 Å². The molecule has 0 radical (unpaired) electrons. The van der Waals surface area contributed by atoms with Crippen LogP contribution in [0.1, 0.15) is 65.8 Å². The third-order valence-corrected chi connectivity index (χ3v) is 7.87. The third-order valence-electron chi connectivity index (χ3n) is 7.14. The maximum atomic E-state index is 13.6. The first-order valence-corrected chi connectivity index (χ1v) is 13.0. The highest BCUT2D eigenvalue weighted by Crippen LogP contribution is 2.38. The molecule has 3 aliphatic heterocycles. The number of piperidine rings is 1. The molecule has 8 heteroatoms. The van der Waals surface area contributed by atoms with Crippen molar-refractivity contribution >= 4 is 34.7 Å². The second-order valence-corrected chi connectivity index (χ2v) is 10.8. The van der Waals surface area contributed by atoms with Gasteiger partial charge < -0.3 is 15.0 Å². The number of rotatable bonds is 5. The summed E-state index contributed by atoms with van der Waals surface area (Å²) in [5, 5.41) is 7.09. The van der Waals surface area contributed by atoms with E-state index in [-0.39, 0.29) is 35.3 Å². The number of imide groups is 1. The lowest BCUT2D eigenvalue weighted by Gasteiger charge is -2.39. The average Bonchev–Trinajstić information content (AvgIpc) is 3.43. The van der Waals surface area contributed by atoms with E-state index in [1.54, 1.807) is 17.4 Å². The molecule has 0 aliphatic carbocycles. The number of thiophene rings is 1. The van der Waals surface area contributed by atoms with Crippen LogP contribution < -0.4 is 10.2 Å². The van der Waals surface area contributed by atoms with Crippen LogP contribution in [-0.2, 0) is 16.1 Å². The molecule has 0 unspecified atom stereocenters. The van der Waals surface area contributed by atoms with Gasteiger partial charge in [0, 0.05) is 32.3 Å². The fourth-order valence-corrected chi connectivity index (χ4v) is 6.11. The number of amides is 3. The van der Waals surface area contributed by atoms with E-state index in [0.29, 0.717) is 43.7 Å². The number of hydrogen-bond acceptors (Lipinski definition) is 6. The Balaban J connectivity index is 1.34. The molecule has 4 heterocycles. The summed E-state index contributed by atoms with van der Waals surface area (Å²) in [6, 6.07) is 7.35. The predicted molar refractivity (Wildman–Crippen MR) is 131 cm³/mol. The zero-order chi connectivity index (χ0) is 23.9. The van der Waals surface area contributed by atoms with Gasteiger partial charge in [0.05, 0.1) is 28.3 Å². The number of carbonyl (C=O) groups is 3. The Hall–Kier alpha value is -2.71. The molecule has 2 aromatic rings. The summed E-state index contributed by atoms with van der Waals surface area (Å²) in [5.74, 6) is -0.547. The highest BCUT2D eigenvalue weighted by atomic mass is 32.1. The SMILES string of the molecule is CC1(C)C[C@H](N2C(=O)c3cccc(N4CCC[C@H](C(=O)NCc5ccsc5)C4)c3C2=O)CCO1. The topological polar surface area (TPSA) is 79.0 Å². The van der Waals surface area contributed by atoms with Gasteiger partial charge in [0.1, 0.15) is 0 Å². The molecule has 0 spiro atoms. The lowest BCUT2D eigenvalue weighted by atomic mass is 9.93. The van der Waals surface area contributed by atoms with Crippen LogP contribution in [0.15, 0.2) is 35.0 Å². The maximum Gasteiger partial charge on any atom is 0.263 e. The van der Waals surface area contributed by atoms with E-state index >= 15 is 0 Å². The van der Waals surface area contributed by atoms with Crippen LogP contribution in [0, 0.1) is 5.92 Å². The van der Waals surface area contributed by atoms with Crippen molar-refractivity contribution in [2.45, 2.75) is 57.7 Å². The summed E-state index contributed by atoms with van der Waals surface area (Å²) in [4.78, 5) is 43.3. The Bertz CT molecular complexity index is 1100. The predicted octanol–water partition coefficient (Wildman–Crippen LogP) is 3.83. The summed E-state index contributed by atoms with van der Waals surface area (Å²) in [6.07, 6.45) is 2.96. The summed E-state index contributed by atoms with van der Waals surface area (Å²) < 4.78 is 5.80. The minimum absolute atomic E-state index is 0.0388.